The van der Waals surface area contributed by atoms with Gasteiger partial charge in [-0.05, 0) is 66.1 Å². The number of aryl methyl sites for hydroxylation is 1. The van der Waals surface area contributed by atoms with Crippen molar-refractivity contribution >= 4 is 98.6 Å². The molecule has 1 aliphatic rings. The third-order valence-electron chi connectivity index (χ3n) is 6.25. The minimum Gasteiger partial charge on any atom is -0.326 e. The maximum absolute atomic E-state index is 13.1. The molecule has 2 atom stereocenters. The first kappa shape index (κ1) is 29.0. The van der Waals surface area contributed by atoms with E-state index < -0.39 is 22.1 Å². The molecule has 11 heteroatoms. The third kappa shape index (κ3) is 6.09. The van der Waals surface area contributed by atoms with Crippen molar-refractivity contribution in [1.82, 2.24) is 0 Å². The smallest absolute Gasteiger partial charge is 0.231 e. The van der Waals surface area contributed by atoms with Crippen molar-refractivity contribution < 1.29 is 14.4 Å². The van der Waals surface area contributed by atoms with Crippen LogP contribution in [0.5, 0.6) is 0 Å². The van der Waals surface area contributed by atoms with E-state index in [4.69, 9.17) is 69.6 Å². The maximum Gasteiger partial charge on any atom is 0.231 e. The summed E-state index contributed by atoms with van der Waals surface area (Å²) >= 11 is 37.5. The summed E-state index contributed by atoms with van der Waals surface area (Å²) in [5, 5.41) is 6.39. The molecule has 0 radical (unpaired) electrons. The number of hydrogen-bond donors (Lipinski definition) is 2. The van der Waals surface area contributed by atoms with Crippen LogP contribution in [0.2, 0.25) is 20.1 Å². The summed E-state index contributed by atoms with van der Waals surface area (Å²) in [6, 6.07) is 13.1. The van der Waals surface area contributed by atoms with Gasteiger partial charge in [-0.25, -0.2) is 0 Å². The summed E-state index contributed by atoms with van der Waals surface area (Å²) in [6.07, 6.45) is 0.0819. The molecule has 2 N–H and O–H groups in total. The average molecular weight is 633 g/mol. The molecule has 1 saturated carbocycles. The van der Waals surface area contributed by atoms with Gasteiger partial charge >= 0.3 is 0 Å². The Morgan fingerprint density at radius 2 is 1.45 bits per heavy atom. The van der Waals surface area contributed by atoms with Gasteiger partial charge in [-0.1, -0.05) is 52.5 Å². The zero-order chi connectivity index (χ0) is 27.9. The second-order valence-electron chi connectivity index (χ2n) is 9.03. The number of halogens is 6. The first-order valence-electron chi connectivity index (χ1n) is 11.3. The summed E-state index contributed by atoms with van der Waals surface area (Å²) in [5.74, 6) is -2.21. The number of carbonyl (C=O) groups is 3. The molecule has 3 aromatic carbocycles. The van der Waals surface area contributed by atoms with Gasteiger partial charge in [0.1, 0.15) is 4.33 Å². The number of hydrogen-bond acceptors (Lipinski definition) is 3. The Balaban J connectivity index is 1.50. The highest BCUT2D eigenvalue weighted by Crippen LogP contribution is 2.65. The zero-order valence-electron chi connectivity index (χ0n) is 20.0. The van der Waals surface area contributed by atoms with Gasteiger partial charge < -0.3 is 10.6 Å². The Hall–Kier alpha value is -1.99. The predicted octanol–water partition coefficient (Wildman–Crippen LogP) is 8.52. The van der Waals surface area contributed by atoms with Crippen molar-refractivity contribution in [3.63, 3.8) is 0 Å². The van der Waals surface area contributed by atoms with E-state index in [1.54, 1.807) is 36.4 Å². The Morgan fingerprint density at radius 1 is 0.842 bits per heavy atom. The summed E-state index contributed by atoms with van der Waals surface area (Å²) in [7, 11) is 0. The summed E-state index contributed by atoms with van der Waals surface area (Å²) < 4.78 is -1.38. The van der Waals surface area contributed by atoms with E-state index in [9.17, 15) is 14.4 Å². The monoisotopic (exact) mass is 630 g/mol. The summed E-state index contributed by atoms with van der Waals surface area (Å²) in [6.45, 7) is 3.27. The normalized spacial score (nSPS) is 17.6. The Morgan fingerprint density at radius 3 is 2.05 bits per heavy atom. The van der Waals surface area contributed by atoms with Gasteiger partial charge in [0.15, 0.2) is 5.78 Å². The Kier molecular flexibility index (Phi) is 8.58. The highest BCUT2D eigenvalue weighted by atomic mass is 35.5. The number of anilines is 2. The molecule has 4 rings (SSSR count). The van der Waals surface area contributed by atoms with Crippen LogP contribution in [0.4, 0.5) is 11.4 Å². The number of Topliss-reactive ketones (excluding diaryl/α,β-unsaturated/α-hetero) is 1. The van der Waals surface area contributed by atoms with Crippen LogP contribution in [-0.2, 0) is 16.0 Å². The summed E-state index contributed by atoms with van der Waals surface area (Å²) in [4.78, 5) is 37.5. The quantitative estimate of drug-likeness (QED) is 0.156. The number of nitrogens with one attached hydrogen (secondary N) is 2. The molecule has 2 amide bonds. The molecule has 198 valence electrons. The molecule has 0 aliphatic heterocycles. The van der Waals surface area contributed by atoms with E-state index in [-0.39, 0.29) is 43.8 Å². The lowest BCUT2D eigenvalue weighted by molar-refractivity contribution is -0.117. The standard InChI is InChI=1S/C27H20Cl6N2O3/c1-12-7-16(34-13(2)36)4-3-14(12)10-22(37)18-11-17(5-6-19(18)28)35-26(38)24-23(27(24,32)33)15-8-20(29)25(31)21(30)9-15/h3-9,11,23-24H,10H2,1-2H3,(H,34,36)(H,35,38). The number of rotatable bonds is 7. The predicted molar refractivity (Wildman–Crippen MR) is 156 cm³/mol. The highest BCUT2D eigenvalue weighted by Gasteiger charge is 2.67. The fourth-order valence-electron chi connectivity index (χ4n) is 4.30. The number of carbonyl (C=O) groups excluding carboxylic acids is 3. The molecule has 3 aromatic rings. The molecule has 1 aliphatic carbocycles. The van der Waals surface area contributed by atoms with Gasteiger partial charge in [-0.2, -0.15) is 0 Å². The van der Waals surface area contributed by atoms with Crippen LogP contribution in [0.1, 0.15) is 39.9 Å². The maximum atomic E-state index is 13.1. The number of benzene rings is 3. The molecule has 2 unspecified atom stereocenters. The van der Waals surface area contributed by atoms with Crippen LogP contribution in [0, 0.1) is 12.8 Å². The molecule has 0 spiro atoms. The van der Waals surface area contributed by atoms with Gasteiger partial charge in [0.25, 0.3) is 0 Å². The molecule has 0 bridgehead atoms. The van der Waals surface area contributed by atoms with Crippen molar-refractivity contribution in [2.24, 2.45) is 5.92 Å². The summed E-state index contributed by atoms with van der Waals surface area (Å²) in [5.41, 5.74) is 3.47. The van der Waals surface area contributed by atoms with Crippen LogP contribution in [0.3, 0.4) is 0 Å². The lowest BCUT2D eigenvalue weighted by atomic mass is 9.98. The number of ketones is 1. The first-order valence-corrected chi connectivity index (χ1v) is 13.6. The minimum absolute atomic E-state index is 0.0819. The number of alkyl halides is 2. The minimum atomic E-state index is -1.38. The average Bonchev–Trinajstić information content (AvgIpc) is 3.41. The zero-order valence-corrected chi connectivity index (χ0v) is 24.5. The molecule has 38 heavy (non-hydrogen) atoms. The van der Waals surface area contributed by atoms with Crippen molar-refractivity contribution in [1.29, 1.82) is 0 Å². The lowest BCUT2D eigenvalue weighted by Crippen LogP contribution is -2.17. The molecule has 5 nitrogen and oxygen atoms in total. The van der Waals surface area contributed by atoms with Crippen LogP contribution in [-0.4, -0.2) is 21.9 Å². The van der Waals surface area contributed by atoms with Crippen molar-refractivity contribution in [2.45, 2.75) is 30.5 Å². The van der Waals surface area contributed by atoms with Gasteiger partial charge in [-0.3, -0.25) is 14.4 Å². The fraction of sp³-hybridized carbons (Fsp3) is 0.222. The SMILES string of the molecule is CC(=O)Nc1ccc(CC(=O)c2cc(NC(=O)C3C(c4cc(Cl)c(Cl)c(Cl)c4)C3(Cl)Cl)ccc2Cl)c(C)c1. The topological polar surface area (TPSA) is 75.3 Å². The molecular formula is C27H20Cl6N2O3. The van der Waals surface area contributed by atoms with Crippen LogP contribution >= 0.6 is 69.6 Å². The van der Waals surface area contributed by atoms with E-state index in [1.165, 1.54) is 19.1 Å². The van der Waals surface area contributed by atoms with E-state index in [0.29, 0.717) is 16.9 Å². The van der Waals surface area contributed by atoms with Gasteiger partial charge in [0, 0.05) is 36.2 Å². The first-order chi connectivity index (χ1) is 17.8. The van der Waals surface area contributed by atoms with E-state index >= 15 is 0 Å². The third-order valence-corrected chi connectivity index (χ3v) is 8.72. The van der Waals surface area contributed by atoms with Crippen molar-refractivity contribution in [3.05, 3.63) is 90.9 Å². The Labute approximate surface area is 249 Å². The molecule has 0 aromatic heterocycles. The number of amides is 2. The Bertz CT molecular complexity index is 1450. The largest absolute Gasteiger partial charge is 0.326 e. The van der Waals surface area contributed by atoms with E-state index in [2.05, 4.69) is 10.6 Å². The van der Waals surface area contributed by atoms with Crippen LogP contribution < -0.4 is 10.6 Å². The van der Waals surface area contributed by atoms with E-state index in [1.807, 2.05) is 6.92 Å². The highest BCUT2D eigenvalue weighted by molar-refractivity contribution is 6.54. The molecular weight excluding hydrogens is 613 g/mol. The van der Waals surface area contributed by atoms with Gasteiger partial charge in [-0.15, -0.1) is 23.2 Å². The second kappa shape index (κ2) is 11.2. The van der Waals surface area contributed by atoms with Crippen LogP contribution in [0.15, 0.2) is 48.5 Å². The van der Waals surface area contributed by atoms with Crippen LogP contribution in [0.25, 0.3) is 0 Å². The second-order valence-corrected chi connectivity index (χ2v) is 12.1. The molecule has 0 heterocycles. The fourth-order valence-corrected chi connectivity index (χ4v) is 5.97. The molecule has 0 saturated heterocycles. The van der Waals surface area contributed by atoms with Crippen molar-refractivity contribution in [3.8, 4) is 0 Å². The van der Waals surface area contributed by atoms with E-state index in [0.717, 1.165) is 11.1 Å². The van der Waals surface area contributed by atoms with Gasteiger partial charge in [0.05, 0.1) is 26.0 Å². The van der Waals surface area contributed by atoms with Crippen molar-refractivity contribution in [2.75, 3.05) is 10.6 Å². The molecule has 1 fully saturated rings. The lowest BCUT2D eigenvalue weighted by Gasteiger charge is -2.11. The van der Waals surface area contributed by atoms with Gasteiger partial charge in [0.2, 0.25) is 11.8 Å².